The van der Waals surface area contributed by atoms with Crippen molar-refractivity contribution in [2.75, 3.05) is 0 Å². The molecule has 0 rings (SSSR count). The lowest BCUT2D eigenvalue weighted by Gasteiger charge is -2.12. The fourth-order valence-corrected chi connectivity index (χ4v) is 1.31. The van der Waals surface area contributed by atoms with Gasteiger partial charge in [0.25, 0.3) is 0 Å². The van der Waals surface area contributed by atoms with E-state index in [2.05, 4.69) is 18.8 Å². The van der Waals surface area contributed by atoms with Crippen LogP contribution in [-0.2, 0) is 9.53 Å². The zero-order chi connectivity index (χ0) is 11.7. The van der Waals surface area contributed by atoms with Gasteiger partial charge in [0.2, 0.25) is 0 Å². The van der Waals surface area contributed by atoms with Gasteiger partial charge in [0, 0.05) is 6.92 Å². The molecule has 1 atom stereocenters. The van der Waals surface area contributed by atoms with E-state index in [4.69, 9.17) is 4.74 Å². The van der Waals surface area contributed by atoms with E-state index in [0.717, 1.165) is 24.8 Å². The second kappa shape index (κ2) is 8.11. The molecule has 1 unspecified atom stereocenters. The third-order valence-electron chi connectivity index (χ3n) is 1.92. The third-order valence-corrected chi connectivity index (χ3v) is 1.92. The van der Waals surface area contributed by atoms with Crippen LogP contribution in [0.25, 0.3) is 0 Å². The second-order valence-corrected chi connectivity index (χ2v) is 3.51. The van der Waals surface area contributed by atoms with Gasteiger partial charge in [-0.25, -0.2) is 0 Å². The van der Waals surface area contributed by atoms with Crippen molar-refractivity contribution in [3.63, 3.8) is 0 Å². The van der Waals surface area contributed by atoms with Crippen LogP contribution in [0.1, 0.15) is 47.0 Å². The molecule has 0 aromatic carbocycles. The number of esters is 1. The first-order chi connectivity index (χ1) is 7.10. The molecule has 0 saturated carbocycles. The maximum Gasteiger partial charge on any atom is 0.303 e. The molecule has 0 aromatic rings. The quantitative estimate of drug-likeness (QED) is 0.512. The van der Waals surface area contributed by atoms with E-state index < -0.39 is 0 Å². The number of hydrogen-bond donors (Lipinski definition) is 0. The molecule has 0 fully saturated rings. The number of allylic oxidation sites excluding steroid dienone is 1. The Balaban J connectivity index is 4.38. The fourth-order valence-electron chi connectivity index (χ4n) is 1.31. The Morgan fingerprint density at radius 2 is 2.13 bits per heavy atom. The molecule has 0 saturated heterocycles. The van der Waals surface area contributed by atoms with Crippen molar-refractivity contribution in [2.45, 2.75) is 53.1 Å². The highest BCUT2D eigenvalue weighted by Crippen LogP contribution is 2.09. The van der Waals surface area contributed by atoms with E-state index in [-0.39, 0.29) is 12.1 Å². The zero-order valence-corrected chi connectivity index (χ0v) is 10.1. The van der Waals surface area contributed by atoms with E-state index in [1.54, 1.807) is 6.92 Å². The van der Waals surface area contributed by atoms with Crippen LogP contribution in [0.4, 0.5) is 0 Å². The largest absolute Gasteiger partial charge is 0.458 e. The molecule has 0 spiro atoms. The van der Waals surface area contributed by atoms with Crippen molar-refractivity contribution in [1.29, 1.82) is 0 Å². The van der Waals surface area contributed by atoms with Crippen molar-refractivity contribution in [2.24, 2.45) is 0 Å². The van der Waals surface area contributed by atoms with Gasteiger partial charge in [0.05, 0.1) is 0 Å². The SMILES string of the molecule is CC#C/C(C)=C\C(CCCC)OC(C)=O. The number of unbranched alkanes of at least 4 members (excludes halogenated alkanes) is 1. The summed E-state index contributed by atoms with van der Waals surface area (Å²) in [7, 11) is 0. The second-order valence-electron chi connectivity index (χ2n) is 3.51. The van der Waals surface area contributed by atoms with Gasteiger partial charge in [-0.05, 0) is 38.3 Å². The Labute approximate surface area is 92.7 Å². The van der Waals surface area contributed by atoms with Crippen molar-refractivity contribution < 1.29 is 9.53 Å². The van der Waals surface area contributed by atoms with Gasteiger partial charge in [0.1, 0.15) is 6.10 Å². The van der Waals surface area contributed by atoms with Crippen molar-refractivity contribution >= 4 is 5.97 Å². The lowest BCUT2D eigenvalue weighted by molar-refractivity contribution is -0.144. The van der Waals surface area contributed by atoms with E-state index in [1.165, 1.54) is 6.92 Å². The fraction of sp³-hybridized carbons (Fsp3) is 0.615. The molecule has 2 nitrogen and oxygen atoms in total. The Bertz CT molecular complexity index is 279. The average Bonchev–Trinajstić information content (AvgIpc) is 2.13. The summed E-state index contributed by atoms with van der Waals surface area (Å²) in [6.45, 7) is 7.28. The van der Waals surface area contributed by atoms with Crippen LogP contribution in [0.3, 0.4) is 0 Å². The standard InChI is InChI=1S/C13H20O2/c1-5-7-9-13(15-12(4)14)10-11(3)8-6-2/h10,13H,5,7,9H2,1-4H3/b11-10-. The summed E-state index contributed by atoms with van der Waals surface area (Å²) in [6.07, 6.45) is 4.83. The summed E-state index contributed by atoms with van der Waals surface area (Å²) >= 11 is 0. The minimum Gasteiger partial charge on any atom is -0.458 e. The topological polar surface area (TPSA) is 26.3 Å². The predicted octanol–water partition coefficient (Wildman–Crippen LogP) is 3.08. The molecule has 2 heteroatoms. The van der Waals surface area contributed by atoms with Crippen LogP contribution >= 0.6 is 0 Å². The summed E-state index contributed by atoms with van der Waals surface area (Å²) in [5, 5.41) is 0. The van der Waals surface area contributed by atoms with Crippen LogP contribution in [0.2, 0.25) is 0 Å². The highest BCUT2D eigenvalue weighted by atomic mass is 16.5. The lowest BCUT2D eigenvalue weighted by Crippen LogP contribution is -2.14. The van der Waals surface area contributed by atoms with E-state index in [9.17, 15) is 4.79 Å². The smallest absolute Gasteiger partial charge is 0.303 e. The average molecular weight is 208 g/mol. The molecule has 84 valence electrons. The van der Waals surface area contributed by atoms with Crippen LogP contribution in [0.5, 0.6) is 0 Å². The summed E-state index contributed by atoms with van der Waals surface area (Å²) in [6, 6.07) is 0. The summed E-state index contributed by atoms with van der Waals surface area (Å²) < 4.78 is 5.19. The maximum atomic E-state index is 10.9. The molecule has 0 aliphatic rings. The number of rotatable bonds is 5. The van der Waals surface area contributed by atoms with Crippen molar-refractivity contribution in [3.8, 4) is 11.8 Å². The first-order valence-corrected chi connectivity index (χ1v) is 5.38. The summed E-state index contributed by atoms with van der Waals surface area (Å²) in [5.74, 6) is 5.54. The Morgan fingerprint density at radius 3 is 2.60 bits per heavy atom. The first kappa shape index (κ1) is 13.8. The van der Waals surface area contributed by atoms with Gasteiger partial charge in [-0.2, -0.15) is 0 Å². The highest BCUT2D eigenvalue weighted by Gasteiger charge is 2.08. The maximum absolute atomic E-state index is 10.9. The minimum atomic E-state index is -0.232. The van der Waals surface area contributed by atoms with Gasteiger partial charge in [0.15, 0.2) is 0 Å². The Hall–Kier alpha value is -1.23. The first-order valence-electron chi connectivity index (χ1n) is 5.38. The molecule has 0 aliphatic heterocycles. The van der Waals surface area contributed by atoms with Gasteiger partial charge in [-0.1, -0.05) is 19.3 Å². The summed E-state index contributed by atoms with van der Waals surface area (Å²) in [4.78, 5) is 10.9. The third kappa shape index (κ3) is 7.81. The van der Waals surface area contributed by atoms with Gasteiger partial charge < -0.3 is 4.74 Å². The molecular weight excluding hydrogens is 188 g/mol. The molecule has 0 radical (unpaired) electrons. The summed E-state index contributed by atoms with van der Waals surface area (Å²) in [5.41, 5.74) is 0.958. The number of carbonyl (C=O) groups excluding carboxylic acids is 1. The molecule has 0 amide bonds. The van der Waals surface area contributed by atoms with Gasteiger partial charge in [-0.15, -0.1) is 5.92 Å². The Kier molecular flexibility index (Phi) is 7.44. The zero-order valence-electron chi connectivity index (χ0n) is 10.1. The minimum absolute atomic E-state index is 0.122. The van der Waals surface area contributed by atoms with E-state index in [0.29, 0.717) is 0 Å². The van der Waals surface area contributed by atoms with Gasteiger partial charge >= 0.3 is 5.97 Å². The molecular formula is C13H20O2. The number of carbonyl (C=O) groups is 1. The molecule has 0 bridgehead atoms. The van der Waals surface area contributed by atoms with Crippen LogP contribution < -0.4 is 0 Å². The van der Waals surface area contributed by atoms with Crippen molar-refractivity contribution in [3.05, 3.63) is 11.6 Å². The van der Waals surface area contributed by atoms with Crippen LogP contribution in [0.15, 0.2) is 11.6 Å². The molecule has 0 aliphatic carbocycles. The lowest BCUT2D eigenvalue weighted by atomic mass is 10.1. The number of hydrogen-bond acceptors (Lipinski definition) is 2. The van der Waals surface area contributed by atoms with Crippen LogP contribution in [0, 0.1) is 11.8 Å². The van der Waals surface area contributed by atoms with E-state index in [1.807, 2.05) is 13.0 Å². The number of ether oxygens (including phenoxy) is 1. The monoisotopic (exact) mass is 208 g/mol. The molecule has 0 N–H and O–H groups in total. The normalized spacial score (nSPS) is 12.7. The van der Waals surface area contributed by atoms with Crippen LogP contribution in [-0.4, -0.2) is 12.1 Å². The van der Waals surface area contributed by atoms with Gasteiger partial charge in [-0.3, -0.25) is 4.79 Å². The molecule has 0 heterocycles. The van der Waals surface area contributed by atoms with Crippen molar-refractivity contribution in [1.82, 2.24) is 0 Å². The molecule has 0 aromatic heterocycles. The van der Waals surface area contributed by atoms with E-state index >= 15 is 0 Å². The molecule has 15 heavy (non-hydrogen) atoms. The predicted molar refractivity (Wildman–Crippen MR) is 62.3 cm³/mol. The Morgan fingerprint density at radius 1 is 1.47 bits per heavy atom. The highest BCUT2D eigenvalue weighted by molar-refractivity contribution is 5.66.